The van der Waals surface area contributed by atoms with Crippen LogP contribution < -0.4 is 14.5 Å². The maximum atomic E-state index is 12.2. The normalized spacial score (nSPS) is 13.8. The van der Waals surface area contributed by atoms with Crippen LogP contribution in [0, 0.1) is 6.92 Å². The van der Waals surface area contributed by atoms with Gasteiger partial charge in [-0.3, -0.25) is 14.6 Å². The quantitative estimate of drug-likeness (QED) is 0.295. The molecule has 0 atom stereocenters. The molecule has 2 amide bonds. The van der Waals surface area contributed by atoms with Crippen LogP contribution in [0.25, 0.3) is 0 Å². The van der Waals surface area contributed by atoms with Gasteiger partial charge in [-0.2, -0.15) is 0 Å². The monoisotopic (exact) mass is 550 g/mol. The molecule has 8 nitrogen and oxygen atoms in total. The first-order chi connectivity index (χ1) is 17.7. The van der Waals surface area contributed by atoms with E-state index in [4.69, 9.17) is 32.7 Å². The second kappa shape index (κ2) is 13.7. The minimum atomic E-state index is -0.508. The number of carbonyl (C=O) groups excluding carboxylic acids is 2. The molecular weight excluding hydrogens is 515 g/mol. The average molecular weight is 552 g/mol. The van der Waals surface area contributed by atoms with Gasteiger partial charge in [-0.05, 0) is 50.1 Å². The number of rotatable bonds is 10. The standard InChI is InChI=1S/C27H36Cl2N4O4/c1-20-10-11-22(18-25(20)33(21(2)34)19-37-27(35)30(3)4)36-17-6-5-12-31-13-15-32(16-14-31)24-9-7-8-23(28)26(24)29/h7-11,18H,5-6,12-17,19H2,1-4H3. The maximum Gasteiger partial charge on any atom is 0.410 e. The van der Waals surface area contributed by atoms with Gasteiger partial charge in [-0.25, -0.2) is 4.79 Å². The van der Waals surface area contributed by atoms with Crippen LogP contribution in [0.1, 0.15) is 25.3 Å². The molecule has 37 heavy (non-hydrogen) atoms. The third kappa shape index (κ3) is 8.15. The van der Waals surface area contributed by atoms with Gasteiger partial charge in [-0.15, -0.1) is 0 Å². The number of piperazine rings is 1. The van der Waals surface area contributed by atoms with Crippen molar-refractivity contribution in [2.24, 2.45) is 0 Å². The van der Waals surface area contributed by atoms with Gasteiger partial charge in [0.05, 0.1) is 28.0 Å². The molecule has 3 rings (SSSR count). The van der Waals surface area contributed by atoms with Crippen molar-refractivity contribution in [2.45, 2.75) is 26.7 Å². The van der Waals surface area contributed by atoms with Gasteiger partial charge < -0.3 is 19.3 Å². The van der Waals surface area contributed by atoms with Crippen molar-refractivity contribution in [2.75, 3.05) is 70.0 Å². The van der Waals surface area contributed by atoms with Crippen LogP contribution in [0.15, 0.2) is 36.4 Å². The van der Waals surface area contributed by atoms with Crippen LogP contribution in [0.5, 0.6) is 5.75 Å². The van der Waals surface area contributed by atoms with Crippen LogP contribution in [0.3, 0.4) is 0 Å². The lowest BCUT2D eigenvalue weighted by atomic mass is 10.1. The van der Waals surface area contributed by atoms with Crippen molar-refractivity contribution in [1.82, 2.24) is 9.80 Å². The Balaban J connectivity index is 1.43. The van der Waals surface area contributed by atoms with Crippen LogP contribution >= 0.6 is 23.2 Å². The summed E-state index contributed by atoms with van der Waals surface area (Å²) in [5.74, 6) is 0.460. The van der Waals surface area contributed by atoms with Crippen molar-refractivity contribution in [3.63, 3.8) is 0 Å². The van der Waals surface area contributed by atoms with Gasteiger partial charge in [0.25, 0.3) is 0 Å². The highest BCUT2D eigenvalue weighted by atomic mass is 35.5. The molecule has 0 unspecified atom stereocenters. The Labute approximate surface area is 229 Å². The Bertz CT molecular complexity index is 1070. The van der Waals surface area contributed by atoms with E-state index in [2.05, 4.69) is 9.80 Å². The largest absolute Gasteiger partial charge is 0.494 e. The highest BCUT2D eigenvalue weighted by Crippen LogP contribution is 2.33. The fourth-order valence-corrected chi connectivity index (χ4v) is 4.54. The summed E-state index contributed by atoms with van der Waals surface area (Å²) in [5, 5.41) is 1.21. The van der Waals surface area contributed by atoms with Gasteiger partial charge in [0.2, 0.25) is 5.91 Å². The van der Waals surface area contributed by atoms with Crippen molar-refractivity contribution in [1.29, 1.82) is 0 Å². The number of amides is 2. The minimum absolute atomic E-state index is 0.159. The summed E-state index contributed by atoms with van der Waals surface area (Å²) in [6.07, 6.45) is 1.43. The van der Waals surface area contributed by atoms with E-state index in [0.717, 1.165) is 56.8 Å². The van der Waals surface area contributed by atoms with E-state index in [1.165, 1.54) is 16.7 Å². The third-order valence-electron chi connectivity index (χ3n) is 6.32. The molecule has 2 aromatic rings. The first-order valence-electron chi connectivity index (χ1n) is 12.4. The number of hydrogen-bond acceptors (Lipinski definition) is 6. The fourth-order valence-electron chi connectivity index (χ4n) is 4.13. The molecule has 1 aliphatic rings. The van der Waals surface area contributed by atoms with Crippen molar-refractivity contribution in [3.8, 4) is 5.75 Å². The highest BCUT2D eigenvalue weighted by Gasteiger charge is 2.20. The van der Waals surface area contributed by atoms with Crippen LogP contribution in [0.2, 0.25) is 10.0 Å². The number of anilines is 2. The Morgan fingerprint density at radius 3 is 2.43 bits per heavy atom. The van der Waals surface area contributed by atoms with Gasteiger partial charge in [-0.1, -0.05) is 35.3 Å². The van der Waals surface area contributed by atoms with Crippen molar-refractivity contribution in [3.05, 3.63) is 52.0 Å². The number of ether oxygens (including phenoxy) is 2. The number of carbonyl (C=O) groups is 2. The smallest absolute Gasteiger partial charge is 0.410 e. The summed E-state index contributed by atoms with van der Waals surface area (Å²) in [5.41, 5.74) is 2.55. The number of hydrogen-bond donors (Lipinski definition) is 0. The summed E-state index contributed by atoms with van der Waals surface area (Å²) in [6.45, 7) is 8.56. The zero-order valence-corrected chi connectivity index (χ0v) is 23.5. The first-order valence-corrected chi connectivity index (χ1v) is 13.2. The van der Waals surface area contributed by atoms with Crippen LogP contribution in [-0.4, -0.2) is 82.0 Å². The lowest BCUT2D eigenvalue weighted by Gasteiger charge is -2.36. The van der Waals surface area contributed by atoms with Gasteiger partial charge in [0, 0.05) is 53.3 Å². The summed E-state index contributed by atoms with van der Waals surface area (Å²) in [4.78, 5) is 31.5. The molecule has 10 heteroatoms. The molecule has 1 aliphatic heterocycles. The van der Waals surface area contributed by atoms with E-state index >= 15 is 0 Å². The molecule has 0 spiro atoms. The van der Waals surface area contributed by atoms with E-state index in [1.54, 1.807) is 14.1 Å². The summed E-state index contributed by atoms with van der Waals surface area (Å²) >= 11 is 12.5. The molecule has 0 radical (unpaired) electrons. The zero-order chi connectivity index (χ0) is 26.9. The molecule has 1 fully saturated rings. The zero-order valence-electron chi connectivity index (χ0n) is 22.0. The summed E-state index contributed by atoms with van der Waals surface area (Å²) < 4.78 is 11.2. The highest BCUT2D eigenvalue weighted by molar-refractivity contribution is 6.43. The molecule has 1 heterocycles. The van der Waals surface area contributed by atoms with Crippen molar-refractivity contribution < 1.29 is 19.1 Å². The average Bonchev–Trinajstić information content (AvgIpc) is 2.87. The second-order valence-corrected chi connectivity index (χ2v) is 10.1. The van der Waals surface area contributed by atoms with E-state index in [-0.39, 0.29) is 12.6 Å². The topological polar surface area (TPSA) is 65.6 Å². The number of aryl methyl sites for hydroxylation is 1. The molecule has 202 valence electrons. The van der Waals surface area contributed by atoms with Gasteiger partial charge in [0.15, 0.2) is 6.73 Å². The minimum Gasteiger partial charge on any atom is -0.494 e. The number of halogens is 2. The molecule has 0 saturated carbocycles. The van der Waals surface area contributed by atoms with E-state index in [9.17, 15) is 9.59 Å². The third-order valence-corrected chi connectivity index (χ3v) is 7.12. The fraction of sp³-hybridized carbons (Fsp3) is 0.481. The first kappa shape index (κ1) is 28.9. The van der Waals surface area contributed by atoms with Gasteiger partial charge >= 0.3 is 6.09 Å². The number of benzene rings is 2. The lowest BCUT2D eigenvalue weighted by Crippen LogP contribution is -2.46. The molecule has 0 bridgehead atoms. The number of nitrogens with zero attached hydrogens (tertiary/aromatic N) is 4. The molecule has 0 aliphatic carbocycles. The second-order valence-electron chi connectivity index (χ2n) is 9.29. The Kier molecular flexibility index (Phi) is 10.7. The van der Waals surface area contributed by atoms with Crippen LogP contribution in [0.4, 0.5) is 16.2 Å². The Hall–Kier alpha value is -2.68. The lowest BCUT2D eigenvalue weighted by molar-refractivity contribution is -0.117. The SMILES string of the molecule is CC(=O)N(COC(=O)N(C)C)c1cc(OCCCCN2CCN(c3cccc(Cl)c3Cl)CC2)ccc1C. The molecular formula is C27H36Cl2N4O4. The van der Waals surface area contributed by atoms with E-state index in [1.807, 2.05) is 43.3 Å². The molecule has 0 aromatic heterocycles. The predicted octanol–water partition coefficient (Wildman–Crippen LogP) is 5.29. The maximum absolute atomic E-state index is 12.2. The summed E-state index contributed by atoms with van der Waals surface area (Å²) in [7, 11) is 3.19. The molecule has 0 N–H and O–H groups in total. The molecule has 1 saturated heterocycles. The Morgan fingerprint density at radius 1 is 1.03 bits per heavy atom. The summed E-state index contributed by atoms with van der Waals surface area (Å²) in [6, 6.07) is 11.4. The van der Waals surface area contributed by atoms with E-state index < -0.39 is 6.09 Å². The number of unbranched alkanes of at least 4 members (excludes halogenated alkanes) is 1. The Morgan fingerprint density at radius 2 is 1.76 bits per heavy atom. The van der Waals surface area contributed by atoms with E-state index in [0.29, 0.717) is 28.1 Å². The van der Waals surface area contributed by atoms with Crippen LogP contribution in [-0.2, 0) is 9.53 Å². The molecule has 2 aromatic carbocycles. The van der Waals surface area contributed by atoms with Gasteiger partial charge in [0.1, 0.15) is 5.75 Å². The predicted molar refractivity (Wildman–Crippen MR) is 149 cm³/mol. The van der Waals surface area contributed by atoms with Crippen molar-refractivity contribution >= 4 is 46.6 Å².